The summed E-state index contributed by atoms with van der Waals surface area (Å²) in [6, 6.07) is -0.100. The Kier molecular flexibility index (Phi) is 6.25. The molecule has 9 heteroatoms. The number of ketones is 1. The summed E-state index contributed by atoms with van der Waals surface area (Å²) in [6.45, 7) is 4.29. The quantitative estimate of drug-likeness (QED) is 0.508. The van der Waals surface area contributed by atoms with Crippen LogP contribution in [0.5, 0.6) is 0 Å². The molecular weight excluding hydrogens is 425 g/mol. The van der Waals surface area contributed by atoms with Crippen molar-refractivity contribution in [3.8, 4) is 0 Å². The highest BCUT2D eigenvalue weighted by molar-refractivity contribution is 6.21. The van der Waals surface area contributed by atoms with E-state index >= 15 is 0 Å². The number of amides is 1. The SMILES string of the molecule is O=C(NCCN1CCOCC1)C1=CN2C3CCC(Cl)CC3OC3CC(F)CC(C1=O)C32. The normalized spacial score (nSPS) is 40.6. The lowest BCUT2D eigenvalue weighted by molar-refractivity contribution is -0.187. The highest BCUT2D eigenvalue weighted by Crippen LogP contribution is 2.45. The number of rotatable bonds is 4. The maximum Gasteiger partial charge on any atom is 0.256 e. The number of hydrogen-bond donors (Lipinski definition) is 1. The third-order valence-corrected chi connectivity index (χ3v) is 7.90. The molecule has 5 aliphatic rings. The number of carbonyl (C=O) groups is 2. The molecule has 2 saturated heterocycles. The van der Waals surface area contributed by atoms with Gasteiger partial charge in [-0.2, -0.15) is 0 Å². The van der Waals surface area contributed by atoms with Crippen molar-refractivity contribution in [2.75, 3.05) is 39.4 Å². The van der Waals surface area contributed by atoms with E-state index in [0.717, 1.165) is 38.9 Å². The zero-order chi connectivity index (χ0) is 21.5. The lowest BCUT2D eigenvalue weighted by Crippen LogP contribution is -2.67. The number of hydrogen-bond acceptors (Lipinski definition) is 6. The van der Waals surface area contributed by atoms with E-state index in [9.17, 15) is 14.0 Å². The Morgan fingerprint density at radius 2 is 2.00 bits per heavy atom. The molecule has 1 N–H and O–H groups in total. The minimum Gasteiger partial charge on any atom is -0.379 e. The van der Waals surface area contributed by atoms with Crippen LogP contribution in [0.25, 0.3) is 0 Å². The van der Waals surface area contributed by atoms with Gasteiger partial charge in [0.2, 0.25) is 0 Å². The summed E-state index contributed by atoms with van der Waals surface area (Å²) in [4.78, 5) is 30.6. The second-order valence-corrected chi connectivity index (χ2v) is 10.0. The largest absolute Gasteiger partial charge is 0.379 e. The summed E-state index contributed by atoms with van der Waals surface area (Å²) in [5.74, 6) is -1.14. The Bertz CT molecular complexity index is 746. The molecule has 0 spiro atoms. The van der Waals surface area contributed by atoms with Gasteiger partial charge < -0.3 is 19.7 Å². The van der Waals surface area contributed by atoms with Crippen LogP contribution in [0.3, 0.4) is 0 Å². The third-order valence-electron chi connectivity index (χ3n) is 7.50. The van der Waals surface area contributed by atoms with Crippen LogP contribution in [0.15, 0.2) is 11.8 Å². The summed E-state index contributed by atoms with van der Waals surface area (Å²) in [5.41, 5.74) is 0.157. The maximum atomic E-state index is 14.5. The monoisotopic (exact) mass is 455 g/mol. The molecule has 2 saturated carbocycles. The second kappa shape index (κ2) is 8.96. The Morgan fingerprint density at radius 1 is 1.19 bits per heavy atom. The number of Topliss-reactive ketones (excluding diaryl/α,β-unsaturated/α-hetero) is 1. The summed E-state index contributed by atoms with van der Waals surface area (Å²) in [5, 5.41) is 2.96. The van der Waals surface area contributed by atoms with E-state index < -0.39 is 12.1 Å². The molecule has 2 aliphatic carbocycles. The van der Waals surface area contributed by atoms with Crippen molar-refractivity contribution in [3.05, 3.63) is 11.8 Å². The fourth-order valence-corrected chi connectivity index (χ4v) is 6.27. The van der Waals surface area contributed by atoms with Crippen LogP contribution in [0.2, 0.25) is 0 Å². The van der Waals surface area contributed by atoms with E-state index in [2.05, 4.69) is 15.1 Å². The smallest absolute Gasteiger partial charge is 0.256 e. The summed E-state index contributed by atoms with van der Waals surface area (Å²) in [7, 11) is 0. The predicted octanol–water partition coefficient (Wildman–Crippen LogP) is 1.25. The molecule has 1 amide bonds. The van der Waals surface area contributed by atoms with Crippen LogP contribution in [-0.2, 0) is 19.1 Å². The number of nitrogens with one attached hydrogen (secondary N) is 1. The average Bonchev–Trinajstić information content (AvgIpc) is 2.75. The van der Waals surface area contributed by atoms with Crippen molar-refractivity contribution >= 4 is 23.3 Å². The van der Waals surface area contributed by atoms with E-state index in [-0.39, 0.29) is 53.4 Å². The van der Waals surface area contributed by atoms with Crippen molar-refractivity contribution < 1.29 is 23.5 Å². The van der Waals surface area contributed by atoms with Crippen molar-refractivity contribution in [2.45, 2.75) is 67.9 Å². The molecule has 4 fully saturated rings. The van der Waals surface area contributed by atoms with Crippen LogP contribution < -0.4 is 5.32 Å². The van der Waals surface area contributed by atoms with Crippen LogP contribution in [0, 0.1) is 5.92 Å². The Hall–Kier alpha value is -1.22. The van der Waals surface area contributed by atoms with Crippen LogP contribution in [0.4, 0.5) is 4.39 Å². The van der Waals surface area contributed by atoms with Gasteiger partial charge in [0.1, 0.15) is 6.17 Å². The minimum absolute atomic E-state index is 0.0525. The number of morpholine rings is 2. The molecule has 172 valence electrons. The van der Waals surface area contributed by atoms with Gasteiger partial charge in [-0.25, -0.2) is 4.39 Å². The van der Waals surface area contributed by atoms with Gasteiger partial charge in [0, 0.05) is 50.1 Å². The highest BCUT2D eigenvalue weighted by atomic mass is 35.5. The van der Waals surface area contributed by atoms with Gasteiger partial charge in [-0.3, -0.25) is 14.5 Å². The number of nitrogens with zero attached hydrogens (tertiary/aromatic N) is 2. The summed E-state index contributed by atoms with van der Waals surface area (Å²) < 4.78 is 26.2. The molecule has 7 nitrogen and oxygen atoms in total. The number of fused-ring (bicyclic) bond motifs is 2. The Labute approximate surface area is 187 Å². The molecule has 7 unspecified atom stereocenters. The molecule has 0 aromatic rings. The van der Waals surface area contributed by atoms with Gasteiger partial charge in [-0.1, -0.05) is 0 Å². The molecule has 0 bridgehead atoms. The molecule has 5 rings (SSSR count). The number of ether oxygens (including phenoxy) is 2. The van der Waals surface area contributed by atoms with Gasteiger partial charge >= 0.3 is 0 Å². The van der Waals surface area contributed by atoms with Crippen LogP contribution in [-0.4, -0.2) is 96.7 Å². The predicted molar refractivity (Wildman–Crippen MR) is 113 cm³/mol. The first-order chi connectivity index (χ1) is 15.0. The first-order valence-corrected chi connectivity index (χ1v) is 12.0. The van der Waals surface area contributed by atoms with Crippen LogP contribution in [0.1, 0.15) is 32.1 Å². The van der Waals surface area contributed by atoms with Crippen molar-refractivity contribution in [1.29, 1.82) is 0 Å². The zero-order valence-electron chi connectivity index (χ0n) is 17.7. The topological polar surface area (TPSA) is 71.1 Å². The Morgan fingerprint density at radius 3 is 2.81 bits per heavy atom. The van der Waals surface area contributed by atoms with Gasteiger partial charge in [0.05, 0.1) is 43.1 Å². The average molecular weight is 456 g/mol. The molecule has 3 heterocycles. The number of carbonyl (C=O) groups excluding carboxylic acids is 2. The van der Waals surface area contributed by atoms with Gasteiger partial charge in [-0.05, 0) is 25.7 Å². The summed E-state index contributed by atoms with van der Waals surface area (Å²) >= 11 is 6.38. The number of halogens is 2. The molecule has 0 radical (unpaired) electrons. The fraction of sp³-hybridized carbons (Fsp3) is 0.818. The minimum atomic E-state index is -1.09. The van der Waals surface area contributed by atoms with E-state index in [1.165, 1.54) is 0 Å². The van der Waals surface area contributed by atoms with Crippen molar-refractivity contribution in [1.82, 2.24) is 15.1 Å². The number of alkyl halides is 2. The molecule has 0 aromatic carbocycles. The molecule has 3 aliphatic heterocycles. The van der Waals surface area contributed by atoms with E-state index in [1.807, 2.05) is 0 Å². The first kappa shape index (κ1) is 21.6. The molecule has 31 heavy (non-hydrogen) atoms. The summed E-state index contributed by atoms with van der Waals surface area (Å²) in [6.07, 6.45) is 3.15. The Balaban J connectivity index is 1.33. The van der Waals surface area contributed by atoms with E-state index in [0.29, 0.717) is 26.2 Å². The zero-order valence-corrected chi connectivity index (χ0v) is 18.4. The third kappa shape index (κ3) is 4.24. The highest BCUT2D eigenvalue weighted by Gasteiger charge is 2.55. The molecular formula is C22H31ClFN3O4. The molecule has 0 aromatic heterocycles. The lowest BCUT2D eigenvalue weighted by atomic mass is 9.71. The van der Waals surface area contributed by atoms with Gasteiger partial charge in [-0.15, -0.1) is 11.6 Å². The second-order valence-electron chi connectivity index (χ2n) is 9.42. The van der Waals surface area contributed by atoms with Crippen molar-refractivity contribution in [2.24, 2.45) is 5.92 Å². The first-order valence-electron chi connectivity index (χ1n) is 11.6. The fourth-order valence-electron chi connectivity index (χ4n) is 5.97. The van der Waals surface area contributed by atoms with Crippen LogP contribution >= 0.6 is 11.6 Å². The lowest BCUT2D eigenvalue weighted by Gasteiger charge is -2.57. The van der Waals surface area contributed by atoms with Gasteiger partial charge in [0.15, 0.2) is 5.78 Å². The van der Waals surface area contributed by atoms with Crippen molar-refractivity contribution in [3.63, 3.8) is 0 Å². The van der Waals surface area contributed by atoms with E-state index in [4.69, 9.17) is 21.1 Å². The van der Waals surface area contributed by atoms with Gasteiger partial charge in [0.25, 0.3) is 5.91 Å². The molecule has 7 atom stereocenters. The standard InChI is InChI=1S/C22H31ClFN3O4/c23-13-1-2-17-18(9-13)31-19-11-14(24)10-15-20(19)27(17)12-16(21(15)28)22(29)25-3-4-26-5-7-30-8-6-26/h12-15,17-20H,1-11H2,(H,25,29). The van der Waals surface area contributed by atoms with E-state index in [1.54, 1.807) is 6.20 Å². The maximum absolute atomic E-state index is 14.5.